The molecular weight excluding hydrogens is 335 g/mol. The smallest absolute Gasteiger partial charge is 0.240 e. The number of alkyl halides is 1. The molecule has 23 heavy (non-hydrogen) atoms. The fraction of sp³-hybridized carbons (Fsp3) is 0.375. The van der Waals surface area contributed by atoms with Crippen LogP contribution in [0, 0.1) is 0 Å². The standard InChI is InChI=1S/C16H18Cl2N4O/c1-12(17)15(23)20-7-9-21(10-8-20)16-19-5-6-22(16)14-4-2-3-13(18)11-14/h2-6,11-12H,7-10H2,1H3. The molecule has 1 aromatic carbocycles. The van der Waals surface area contributed by atoms with E-state index in [0.29, 0.717) is 18.1 Å². The minimum Gasteiger partial charge on any atom is -0.338 e. The summed E-state index contributed by atoms with van der Waals surface area (Å²) in [6.45, 7) is 4.47. The molecule has 1 aliphatic rings. The summed E-state index contributed by atoms with van der Waals surface area (Å²) in [5, 5.41) is 0.212. The van der Waals surface area contributed by atoms with Gasteiger partial charge in [-0.15, -0.1) is 11.6 Å². The van der Waals surface area contributed by atoms with Crippen molar-refractivity contribution in [3.05, 3.63) is 41.7 Å². The summed E-state index contributed by atoms with van der Waals surface area (Å²) in [6, 6.07) is 7.66. The Hall–Kier alpha value is -1.72. The number of benzene rings is 1. The summed E-state index contributed by atoms with van der Waals surface area (Å²) in [5.74, 6) is 0.850. The Labute approximate surface area is 145 Å². The Morgan fingerprint density at radius 2 is 2.00 bits per heavy atom. The number of nitrogens with zero attached hydrogens (tertiary/aromatic N) is 4. The van der Waals surface area contributed by atoms with Crippen LogP contribution in [0.4, 0.5) is 5.95 Å². The summed E-state index contributed by atoms with van der Waals surface area (Å²) in [4.78, 5) is 20.4. The van der Waals surface area contributed by atoms with E-state index < -0.39 is 5.38 Å². The van der Waals surface area contributed by atoms with Crippen LogP contribution in [-0.4, -0.2) is 51.9 Å². The van der Waals surface area contributed by atoms with Gasteiger partial charge in [0.15, 0.2) is 0 Å². The van der Waals surface area contributed by atoms with E-state index in [9.17, 15) is 4.79 Å². The van der Waals surface area contributed by atoms with Crippen molar-refractivity contribution in [1.29, 1.82) is 0 Å². The molecule has 0 bridgehead atoms. The molecule has 1 aliphatic heterocycles. The van der Waals surface area contributed by atoms with Gasteiger partial charge >= 0.3 is 0 Å². The lowest BCUT2D eigenvalue weighted by Crippen LogP contribution is -2.51. The topological polar surface area (TPSA) is 41.4 Å². The van der Waals surface area contributed by atoms with Gasteiger partial charge in [-0.05, 0) is 25.1 Å². The minimum atomic E-state index is -0.477. The van der Waals surface area contributed by atoms with Gasteiger partial charge in [-0.3, -0.25) is 9.36 Å². The van der Waals surface area contributed by atoms with E-state index in [4.69, 9.17) is 23.2 Å². The van der Waals surface area contributed by atoms with Crippen molar-refractivity contribution < 1.29 is 4.79 Å². The second-order valence-corrected chi connectivity index (χ2v) is 6.60. The molecule has 3 rings (SSSR count). The zero-order valence-corrected chi connectivity index (χ0v) is 14.3. The number of aromatic nitrogens is 2. The number of anilines is 1. The monoisotopic (exact) mass is 352 g/mol. The molecule has 2 aromatic rings. The number of amides is 1. The third kappa shape index (κ3) is 3.46. The molecule has 0 radical (unpaired) electrons. The van der Waals surface area contributed by atoms with Crippen LogP contribution >= 0.6 is 23.2 Å². The van der Waals surface area contributed by atoms with Crippen LogP contribution in [0.2, 0.25) is 5.02 Å². The maximum atomic E-state index is 12.0. The van der Waals surface area contributed by atoms with Crippen molar-refractivity contribution >= 4 is 35.1 Å². The van der Waals surface area contributed by atoms with Crippen LogP contribution in [0.5, 0.6) is 0 Å². The molecule has 5 nitrogen and oxygen atoms in total. The maximum Gasteiger partial charge on any atom is 0.240 e. The highest BCUT2D eigenvalue weighted by Crippen LogP contribution is 2.22. The summed E-state index contributed by atoms with van der Waals surface area (Å²) < 4.78 is 2.01. The summed E-state index contributed by atoms with van der Waals surface area (Å²) in [5.41, 5.74) is 0.970. The predicted octanol–water partition coefficient (Wildman–Crippen LogP) is 2.80. The fourth-order valence-corrected chi connectivity index (χ4v) is 3.06. The molecule has 1 fully saturated rings. The molecule has 1 saturated heterocycles. The first-order chi connectivity index (χ1) is 11.1. The quantitative estimate of drug-likeness (QED) is 0.797. The Morgan fingerprint density at radius 3 is 2.65 bits per heavy atom. The average Bonchev–Trinajstić information content (AvgIpc) is 3.04. The number of imidazole rings is 1. The summed E-state index contributed by atoms with van der Waals surface area (Å²) in [6.07, 6.45) is 3.69. The number of hydrogen-bond acceptors (Lipinski definition) is 3. The lowest BCUT2D eigenvalue weighted by Gasteiger charge is -2.36. The number of hydrogen-bond donors (Lipinski definition) is 0. The van der Waals surface area contributed by atoms with Crippen LogP contribution in [0.1, 0.15) is 6.92 Å². The Balaban J connectivity index is 1.75. The molecule has 7 heteroatoms. The van der Waals surface area contributed by atoms with Crippen molar-refractivity contribution in [3.63, 3.8) is 0 Å². The van der Waals surface area contributed by atoms with Crippen LogP contribution in [-0.2, 0) is 4.79 Å². The summed E-state index contributed by atoms with van der Waals surface area (Å²) in [7, 11) is 0. The second kappa shape index (κ2) is 6.81. The van der Waals surface area contributed by atoms with Crippen LogP contribution in [0.3, 0.4) is 0 Å². The number of rotatable bonds is 3. The highest BCUT2D eigenvalue weighted by atomic mass is 35.5. The minimum absolute atomic E-state index is 0.00972. The van der Waals surface area contributed by atoms with Crippen LogP contribution in [0.15, 0.2) is 36.7 Å². The van der Waals surface area contributed by atoms with Gasteiger partial charge in [0.25, 0.3) is 0 Å². The zero-order valence-electron chi connectivity index (χ0n) is 12.8. The number of piperazine rings is 1. The predicted molar refractivity (Wildman–Crippen MR) is 92.7 cm³/mol. The molecule has 122 valence electrons. The van der Waals surface area contributed by atoms with E-state index in [0.717, 1.165) is 24.7 Å². The molecule has 0 N–H and O–H groups in total. The maximum absolute atomic E-state index is 12.0. The molecule has 2 heterocycles. The molecule has 1 amide bonds. The zero-order chi connectivity index (χ0) is 16.4. The second-order valence-electron chi connectivity index (χ2n) is 5.51. The molecule has 0 spiro atoms. The van der Waals surface area contributed by atoms with E-state index in [-0.39, 0.29) is 5.91 Å². The van der Waals surface area contributed by atoms with Crippen molar-refractivity contribution in [2.24, 2.45) is 0 Å². The first-order valence-electron chi connectivity index (χ1n) is 7.53. The first kappa shape index (κ1) is 16.1. The third-order valence-corrected chi connectivity index (χ3v) is 4.34. The van der Waals surface area contributed by atoms with E-state index in [1.807, 2.05) is 35.0 Å². The fourth-order valence-electron chi connectivity index (χ4n) is 2.74. The van der Waals surface area contributed by atoms with Gasteiger partial charge in [-0.2, -0.15) is 0 Å². The lowest BCUT2D eigenvalue weighted by molar-refractivity contribution is -0.130. The van der Waals surface area contributed by atoms with Crippen molar-refractivity contribution in [2.75, 3.05) is 31.1 Å². The average molecular weight is 353 g/mol. The highest BCUT2D eigenvalue weighted by Gasteiger charge is 2.25. The van der Waals surface area contributed by atoms with E-state index >= 15 is 0 Å². The molecule has 1 aromatic heterocycles. The lowest BCUT2D eigenvalue weighted by atomic mass is 10.3. The Kier molecular flexibility index (Phi) is 4.78. The van der Waals surface area contributed by atoms with Gasteiger partial charge in [-0.25, -0.2) is 4.98 Å². The molecular formula is C16H18Cl2N4O. The molecule has 1 atom stereocenters. The van der Waals surface area contributed by atoms with Gasteiger partial charge in [-0.1, -0.05) is 17.7 Å². The van der Waals surface area contributed by atoms with Crippen molar-refractivity contribution in [3.8, 4) is 5.69 Å². The first-order valence-corrected chi connectivity index (χ1v) is 8.35. The van der Waals surface area contributed by atoms with Crippen molar-refractivity contribution in [1.82, 2.24) is 14.5 Å². The Morgan fingerprint density at radius 1 is 1.26 bits per heavy atom. The van der Waals surface area contributed by atoms with Gasteiger partial charge < -0.3 is 9.80 Å². The van der Waals surface area contributed by atoms with Gasteiger partial charge in [0, 0.05) is 49.3 Å². The van der Waals surface area contributed by atoms with Gasteiger partial charge in [0.1, 0.15) is 5.38 Å². The van der Waals surface area contributed by atoms with Crippen LogP contribution < -0.4 is 4.90 Å². The third-order valence-electron chi connectivity index (χ3n) is 3.92. The summed E-state index contributed by atoms with van der Waals surface area (Å²) >= 11 is 12.0. The number of carbonyl (C=O) groups is 1. The normalized spacial score (nSPS) is 16.5. The largest absolute Gasteiger partial charge is 0.338 e. The molecule has 0 saturated carbocycles. The molecule has 1 unspecified atom stereocenters. The van der Waals surface area contributed by atoms with E-state index in [1.54, 1.807) is 18.0 Å². The van der Waals surface area contributed by atoms with Crippen molar-refractivity contribution in [2.45, 2.75) is 12.3 Å². The van der Waals surface area contributed by atoms with E-state index in [2.05, 4.69) is 9.88 Å². The van der Waals surface area contributed by atoms with Gasteiger partial charge in [0.2, 0.25) is 11.9 Å². The highest BCUT2D eigenvalue weighted by molar-refractivity contribution is 6.30. The Bertz CT molecular complexity index is 693. The van der Waals surface area contributed by atoms with E-state index in [1.165, 1.54) is 0 Å². The number of carbonyl (C=O) groups excluding carboxylic acids is 1. The number of halogens is 2. The SMILES string of the molecule is CC(Cl)C(=O)N1CCN(c2nccn2-c2cccc(Cl)c2)CC1. The van der Waals surface area contributed by atoms with Crippen LogP contribution in [0.25, 0.3) is 5.69 Å². The van der Waals surface area contributed by atoms with Gasteiger partial charge in [0.05, 0.1) is 0 Å². The molecule has 0 aliphatic carbocycles.